The number of nitrogens with one attached hydrogen (secondary N) is 1. The largest absolute Gasteiger partial charge is 0.481 e. The van der Waals surface area contributed by atoms with Crippen molar-refractivity contribution in [3.05, 3.63) is 29.3 Å². The second-order valence-electron chi connectivity index (χ2n) is 4.81. The maximum absolute atomic E-state index is 11.7. The zero-order valence-electron chi connectivity index (χ0n) is 10.6. The molecule has 0 saturated heterocycles. The zero-order chi connectivity index (χ0) is 12.4. The molecular formula is C14H19NO2. The second-order valence-corrected chi connectivity index (χ2v) is 4.81. The topological polar surface area (TPSA) is 38.3 Å². The highest BCUT2D eigenvalue weighted by atomic mass is 16.5. The van der Waals surface area contributed by atoms with Gasteiger partial charge in [-0.25, -0.2) is 0 Å². The number of carbonyl (C=O) groups excluding carboxylic acids is 1. The third-order valence-corrected chi connectivity index (χ3v) is 2.93. The lowest BCUT2D eigenvalue weighted by Gasteiger charge is -2.16. The molecule has 0 bridgehead atoms. The van der Waals surface area contributed by atoms with Crippen molar-refractivity contribution in [3.8, 4) is 5.75 Å². The van der Waals surface area contributed by atoms with Gasteiger partial charge in [0.2, 0.25) is 0 Å². The summed E-state index contributed by atoms with van der Waals surface area (Å²) < 4.78 is 5.68. The van der Waals surface area contributed by atoms with Crippen LogP contribution in [0.1, 0.15) is 30.9 Å². The SMILES string of the molecule is Cc1ccc(O[C@H](C)C(=O)NC2CC2)c(C)c1. The third-order valence-electron chi connectivity index (χ3n) is 2.93. The lowest BCUT2D eigenvalue weighted by atomic mass is 10.1. The lowest BCUT2D eigenvalue weighted by molar-refractivity contribution is -0.127. The molecule has 0 radical (unpaired) electrons. The van der Waals surface area contributed by atoms with E-state index < -0.39 is 6.10 Å². The minimum atomic E-state index is -0.433. The summed E-state index contributed by atoms with van der Waals surface area (Å²) in [6, 6.07) is 6.35. The molecule has 1 aromatic rings. The van der Waals surface area contributed by atoms with Gasteiger partial charge in [-0.1, -0.05) is 17.7 Å². The van der Waals surface area contributed by atoms with Gasteiger partial charge in [-0.2, -0.15) is 0 Å². The van der Waals surface area contributed by atoms with Crippen LogP contribution in [0.25, 0.3) is 0 Å². The molecule has 1 atom stereocenters. The fraction of sp³-hybridized carbons (Fsp3) is 0.500. The molecule has 3 heteroatoms. The molecule has 1 amide bonds. The van der Waals surface area contributed by atoms with E-state index in [2.05, 4.69) is 11.4 Å². The molecule has 2 rings (SSSR count). The Bertz CT molecular complexity index is 424. The lowest BCUT2D eigenvalue weighted by Crippen LogP contribution is -2.37. The number of benzene rings is 1. The van der Waals surface area contributed by atoms with Crippen LogP contribution in [0.4, 0.5) is 0 Å². The van der Waals surface area contributed by atoms with Crippen LogP contribution in [-0.2, 0) is 4.79 Å². The number of hydrogen-bond donors (Lipinski definition) is 1. The molecule has 1 saturated carbocycles. The second kappa shape index (κ2) is 4.78. The summed E-state index contributed by atoms with van der Waals surface area (Å²) in [6.07, 6.45) is 1.77. The van der Waals surface area contributed by atoms with Gasteiger partial charge in [0.15, 0.2) is 6.10 Å². The number of rotatable bonds is 4. The van der Waals surface area contributed by atoms with E-state index in [9.17, 15) is 4.79 Å². The average Bonchev–Trinajstić information content (AvgIpc) is 3.06. The molecule has 0 spiro atoms. The van der Waals surface area contributed by atoms with E-state index in [-0.39, 0.29) is 5.91 Å². The van der Waals surface area contributed by atoms with Gasteiger partial charge in [-0.05, 0) is 45.2 Å². The van der Waals surface area contributed by atoms with E-state index >= 15 is 0 Å². The summed E-state index contributed by atoms with van der Waals surface area (Å²) in [7, 11) is 0. The minimum Gasteiger partial charge on any atom is -0.481 e. The van der Waals surface area contributed by atoms with E-state index in [1.54, 1.807) is 6.92 Å². The van der Waals surface area contributed by atoms with Crippen molar-refractivity contribution in [1.82, 2.24) is 5.32 Å². The zero-order valence-corrected chi connectivity index (χ0v) is 10.6. The summed E-state index contributed by atoms with van der Waals surface area (Å²) in [4.78, 5) is 11.7. The number of carbonyl (C=O) groups is 1. The summed E-state index contributed by atoms with van der Waals surface area (Å²) in [5.41, 5.74) is 2.26. The average molecular weight is 233 g/mol. The minimum absolute atomic E-state index is 0.0209. The Morgan fingerprint density at radius 3 is 2.71 bits per heavy atom. The molecule has 1 aliphatic rings. The van der Waals surface area contributed by atoms with E-state index in [0.717, 1.165) is 24.2 Å². The Morgan fingerprint density at radius 1 is 1.41 bits per heavy atom. The molecule has 17 heavy (non-hydrogen) atoms. The van der Waals surface area contributed by atoms with E-state index in [0.29, 0.717) is 6.04 Å². The maximum atomic E-state index is 11.7. The molecule has 0 aromatic heterocycles. The van der Waals surface area contributed by atoms with Crippen LogP contribution in [0, 0.1) is 13.8 Å². The smallest absolute Gasteiger partial charge is 0.260 e. The van der Waals surface area contributed by atoms with Crippen molar-refractivity contribution >= 4 is 5.91 Å². The monoisotopic (exact) mass is 233 g/mol. The Hall–Kier alpha value is -1.51. The highest BCUT2D eigenvalue weighted by molar-refractivity contribution is 5.81. The highest BCUT2D eigenvalue weighted by Crippen LogP contribution is 2.21. The molecular weight excluding hydrogens is 214 g/mol. The first-order chi connectivity index (χ1) is 8.06. The molecule has 1 fully saturated rings. The number of hydrogen-bond acceptors (Lipinski definition) is 2. The third kappa shape index (κ3) is 3.22. The first kappa shape index (κ1) is 12.0. The Kier molecular flexibility index (Phi) is 3.36. The molecule has 1 aromatic carbocycles. The van der Waals surface area contributed by atoms with Crippen molar-refractivity contribution in [1.29, 1.82) is 0 Å². The van der Waals surface area contributed by atoms with Gasteiger partial charge in [0.05, 0.1) is 0 Å². The Labute approximate surface area is 102 Å². The standard InChI is InChI=1S/C14H19NO2/c1-9-4-7-13(10(2)8-9)17-11(3)14(16)15-12-5-6-12/h4,7-8,11-12H,5-6H2,1-3H3,(H,15,16)/t11-/m1/s1. The summed E-state index contributed by atoms with van der Waals surface area (Å²) in [5.74, 6) is 0.765. The molecule has 0 unspecified atom stereocenters. The fourth-order valence-electron chi connectivity index (χ4n) is 1.72. The quantitative estimate of drug-likeness (QED) is 0.867. The highest BCUT2D eigenvalue weighted by Gasteiger charge is 2.26. The van der Waals surface area contributed by atoms with Gasteiger partial charge in [-0.3, -0.25) is 4.79 Å². The van der Waals surface area contributed by atoms with Crippen LogP contribution in [0.15, 0.2) is 18.2 Å². The van der Waals surface area contributed by atoms with Gasteiger partial charge < -0.3 is 10.1 Å². The number of aryl methyl sites for hydroxylation is 2. The van der Waals surface area contributed by atoms with Crippen LogP contribution in [0.5, 0.6) is 5.75 Å². The van der Waals surface area contributed by atoms with Gasteiger partial charge in [-0.15, -0.1) is 0 Å². The molecule has 1 aliphatic carbocycles. The Morgan fingerprint density at radius 2 is 2.12 bits per heavy atom. The van der Waals surface area contributed by atoms with Crippen LogP contribution >= 0.6 is 0 Å². The Balaban J connectivity index is 1.96. The van der Waals surface area contributed by atoms with Crippen LogP contribution in [-0.4, -0.2) is 18.1 Å². The number of amides is 1. The predicted molar refractivity (Wildman–Crippen MR) is 67.2 cm³/mol. The number of ether oxygens (including phenoxy) is 1. The summed E-state index contributed by atoms with van der Waals surface area (Å²) >= 11 is 0. The van der Waals surface area contributed by atoms with Crippen LogP contribution in [0.3, 0.4) is 0 Å². The molecule has 0 aliphatic heterocycles. The van der Waals surface area contributed by atoms with Crippen molar-refractivity contribution < 1.29 is 9.53 Å². The van der Waals surface area contributed by atoms with Crippen LogP contribution < -0.4 is 10.1 Å². The van der Waals surface area contributed by atoms with Gasteiger partial charge in [0.1, 0.15) is 5.75 Å². The molecule has 3 nitrogen and oxygen atoms in total. The first-order valence-electron chi connectivity index (χ1n) is 6.10. The van der Waals surface area contributed by atoms with Gasteiger partial charge in [0, 0.05) is 6.04 Å². The van der Waals surface area contributed by atoms with Gasteiger partial charge >= 0.3 is 0 Å². The summed E-state index contributed by atoms with van der Waals surface area (Å²) in [5, 5.41) is 2.94. The van der Waals surface area contributed by atoms with Crippen molar-refractivity contribution in [2.24, 2.45) is 0 Å². The molecule has 92 valence electrons. The van der Waals surface area contributed by atoms with Gasteiger partial charge in [0.25, 0.3) is 5.91 Å². The van der Waals surface area contributed by atoms with E-state index in [1.807, 2.05) is 26.0 Å². The van der Waals surface area contributed by atoms with Crippen LogP contribution in [0.2, 0.25) is 0 Å². The van der Waals surface area contributed by atoms with E-state index in [4.69, 9.17) is 4.74 Å². The maximum Gasteiger partial charge on any atom is 0.260 e. The van der Waals surface area contributed by atoms with Crippen molar-refractivity contribution in [2.45, 2.75) is 45.8 Å². The molecule has 0 heterocycles. The first-order valence-corrected chi connectivity index (χ1v) is 6.10. The normalized spacial score (nSPS) is 16.4. The van der Waals surface area contributed by atoms with Crippen molar-refractivity contribution in [2.75, 3.05) is 0 Å². The summed E-state index contributed by atoms with van der Waals surface area (Å²) in [6.45, 7) is 5.82. The van der Waals surface area contributed by atoms with E-state index in [1.165, 1.54) is 5.56 Å². The fourth-order valence-corrected chi connectivity index (χ4v) is 1.72. The molecule has 1 N–H and O–H groups in total. The van der Waals surface area contributed by atoms with Crippen molar-refractivity contribution in [3.63, 3.8) is 0 Å². The predicted octanol–water partition coefficient (Wildman–Crippen LogP) is 2.35.